The average molecular weight is 282 g/mol. The Balaban J connectivity index is 1.82. The molecule has 2 saturated heterocycles. The summed E-state index contributed by atoms with van der Waals surface area (Å²) in [5, 5.41) is 3.24. The zero-order chi connectivity index (χ0) is 14.5. The van der Waals surface area contributed by atoms with Gasteiger partial charge in [0.1, 0.15) is 0 Å². The Labute approximate surface area is 121 Å². The maximum Gasteiger partial charge on any atom is 0.239 e. The van der Waals surface area contributed by atoms with Crippen molar-refractivity contribution in [3.05, 3.63) is 0 Å². The topological polar surface area (TPSA) is 55.9 Å². The van der Waals surface area contributed by atoms with E-state index in [1.54, 1.807) is 0 Å². The fraction of sp³-hybridized carbons (Fsp3) is 0.857. The molecular formula is C14H26N4O2. The molecule has 0 saturated carbocycles. The van der Waals surface area contributed by atoms with Crippen LogP contribution in [-0.4, -0.2) is 85.4 Å². The fourth-order valence-electron chi connectivity index (χ4n) is 2.75. The van der Waals surface area contributed by atoms with Crippen molar-refractivity contribution in [2.75, 3.05) is 52.9 Å². The van der Waals surface area contributed by atoms with Crippen molar-refractivity contribution in [1.29, 1.82) is 0 Å². The standard InChI is InChI=1S/C14H26N4O2/c1-12(14(20)18-9-5-15-6-10-18)16(2)11-13(19)17-7-3-4-8-17/h12,15H,3-11H2,1-2H3. The number of likely N-dealkylation sites (tertiary alicyclic amines) is 1. The molecule has 6 nitrogen and oxygen atoms in total. The molecule has 0 aromatic carbocycles. The lowest BCUT2D eigenvalue weighted by molar-refractivity contribution is -0.138. The summed E-state index contributed by atoms with van der Waals surface area (Å²) in [6.07, 6.45) is 2.20. The number of amides is 2. The molecular weight excluding hydrogens is 256 g/mol. The first kappa shape index (κ1) is 15.3. The van der Waals surface area contributed by atoms with E-state index in [1.165, 1.54) is 0 Å². The SMILES string of the molecule is CC(C(=O)N1CCNCC1)N(C)CC(=O)N1CCCC1. The Morgan fingerprint density at radius 1 is 1.10 bits per heavy atom. The summed E-state index contributed by atoms with van der Waals surface area (Å²) in [6.45, 7) is 7.19. The second-order valence-corrected chi connectivity index (χ2v) is 5.75. The van der Waals surface area contributed by atoms with Gasteiger partial charge in [0.05, 0.1) is 12.6 Å². The predicted octanol–water partition coefficient (Wildman–Crippen LogP) is -0.639. The summed E-state index contributed by atoms with van der Waals surface area (Å²) in [4.78, 5) is 30.1. The molecule has 2 aliphatic rings. The zero-order valence-corrected chi connectivity index (χ0v) is 12.6. The van der Waals surface area contributed by atoms with Crippen LogP contribution in [0, 0.1) is 0 Å². The molecule has 6 heteroatoms. The van der Waals surface area contributed by atoms with Gasteiger partial charge in [0.15, 0.2) is 0 Å². The summed E-state index contributed by atoms with van der Waals surface area (Å²) < 4.78 is 0. The number of likely N-dealkylation sites (N-methyl/N-ethyl adjacent to an activating group) is 1. The lowest BCUT2D eigenvalue weighted by Crippen LogP contribution is -2.53. The van der Waals surface area contributed by atoms with Crippen molar-refractivity contribution in [2.45, 2.75) is 25.8 Å². The Morgan fingerprint density at radius 3 is 2.30 bits per heavy atom. The quantitative estimate of drug-likeness (QED) is 0.745. The molecule has 0 aromatic rings. The van der Waals surface area contributed by atoms with Crippen molar-refractivity contribution in [3.63, 3.8) is 0 Å². The van der Waals surface area contributed by atoms with Gasteiger partial charge in [-0.25, -0.2) is 0 Å². The Kier molecular flexibility index (Phi) is 5.37. The third kappa shape index (κ3) is 3.70. The Bertz CT molecular complexity index is 349. The first-order valence-electron chi connectivity index (χ1n) is 7.57. The van der Waals surface area contributed by atoms with Gasteiger partial charge >= 0.3 is 0 Å². The zero-order valence-electron chi connectivity index (χ0n) is 12.6. The van der Waals surface area contributed by atoms with Crippen LogP contribution >= 0.6 is 0 Å². The van der Waals surface area contributed by atoms with E-state index in [1.807, 2.05) is 28.7 Å². The van der Waals surface area contributed by atoms with Crippen LogP contribution in [0.3, 0.4) is 0 Å². The van der Waals surface area contributed by atoms with Crippen LogP contribution in [0.2, 0.25) is 0 Å². The summed E-state index contributed by atoms with van der Waals surface area (Å²) >= 11 is 0. The fourth-order valence-corrected chi connectivity index (χ4v) is 2.75. The van der Waals surface area contributed by atoms with E-state index in [-0.39, 0.29) is 17.9 Å². The molecule has 2 heterocycles. The highest BCUT2D eigenvalue weighted by Crippen LogP contribution is 2.09. The maximum absolute atomic E-state index is 12.4. The molecule has 2 amide bonds. The molecule has 2 rings (SSSR count). The van der Waals surface area contributed by atoms with Crippen LogP contribution in [0.15, 0.2) is 0 Å². The molecule has 20 heavy (non-hydrogen) atoms. The minimum atomic E-state index is -0.236. The summed E-state index contributed by atoms with van der Waals surface area (Å²) in [5.41, 5.74) is 0. The van der Waals surface area contributed by atoms with E-state index in [0.29, 0.717) is 6.54 Å². The molecule has 2 fully saturated rings. The van der Waals surface area contributed by atoms with Gasteiger partial charge in [-0.3, -0.25) is 14.5 Å². The van der Waals surface area contributed by atoms with Gasteiger partial charge in [-0.05, 0) is 26.8 Å². The van der Waals surface area contributed by atoms with E-state index in [0.717, 1.165) is 52.1 Å². The number of carbonyl (C=O) groups is 2. The molecule has 1 unspecified atom stereocenters. The number of hydrogen-bond donors (Lipinski definition) is 1. The van der Waals surface area contributed by atoms with E-state index in [9.17, 15) is 9.59 Å². The third-order valence-electron chi connectivity index (χ3n) is 4.29. The van der Waals surface area contributed by atoms with Crippen molar-refractivity contribution in [1.82, 2.24) is 20.0 Å². The Hall–Kier alpha value is -1.14. The molecule has 2 aliphatic heterocycles. The normalized spacial score (nSPS) is 21.4. The van der Waals surface area contributed by atoms with Crippen LogP contribution in [-0.2, 0) is 9.59 Å². The van der Waals surface area contributed by atoms with Gasteiger partial charge in [0.25, 0.3) is 0 Å². The first-order chi connectivity index (χ1) is 9.59. The second-order valence-electron chi connectivity index (χ2n) is 5.75. The molecule has 1 N–H and O–H groups in total. The van der Waals surface area contributed by atoms with E-state index in [2.05, 4.69) is 5.32 Å². The van der Waals surface area contributed by atoms with Gasteiger partial charge in [0, 0.05) is 39.3 Å². The predicted molar refractivity (Wildman–Crippen MR) is 77.4 cm³/mol. The number of rotatable bonds is 4. The van der Waals surface area contributed by atoms with E-state index >= 15 is 0 Å². The highest BCUT2D eigenvalue weighted by Gasteiger charge is 2.27. The van der Waals surface area contributed by atoms with Gasteiger partial charge < -0.3 is 15.1 Å². The van der Waals surface area contributed by atoms with Gasteiger partial charge in [-0.1, -0.05) is 0 Å². The third-order valence-corrected chi connectivity index (χ3v) is 4.29. The summed E-state index contributed by atoms with van der Waals surface area (Å²) in [6, 6.07) is -0.236. The van der Waals surface area contributed by atoms with Crippen molar-refractivity contribution in [3.8, 4) is 0 Å². The van der Waals surface area contributed by atoms with Crippen molar-refractivity contribution in [2.24, 2.45) is 0 Å². The van der Waals surface area contributed by atoms with E-state index < -0.39 is 0 Å². The smallest absolute Gasteiger partial charge is 0.239 e. The van der Waals surface area contributed by atoms with Gasteiger partial charge in [-0.15, -0.1) is 0 Å². The molecule has 0 bridgehead atoms. The number of nitrogens with one attached hydrogen (secondary N) is 1. The molecule has 1 atom stereocenters. The number of nitrogens with zero attached hydrogens (tertiary/aromatic N) is 3. The van der Waals surface area contributed by atoms with E-state index in [4.69, 9.17) is 0 Å². The van der Waals surface area contributed by atoms with Crippen molar-refractivity contribution < 1.29 is 9.59 Å². The largest absolute Gasteiger partial charge is 0.342 e. The van der Waals surface area contributed by atoms with Crippen LogP contribution in [0.4, 0.5) is 0 Å². The van der Waals surface area contributed by atoms with Crippen LogP contribution in [0.5, 0.6) is 0 Å². The monoisotopic (exact) mass is 282 g/mol. The van der Waals surface area contributed by atoms with Crippen molar-refractivity contribution >= 4 is 11.8 Å². The van der Waals surface area contributed by atoms with Gasteiger partial charge in [0.2, 0.25) is 11.8 Å². The van der Waals surface area contributed by atoms with Gasteiger partial charge in [-0.2, -0.15) is 0 Å². The molecule has 0 radical (unpaired) electrons. The number of piperazine rings is 1. The lowest BCUT2D eigenvalue weighted by atomic mass is 10.2. The summed E-state index contributed by atoms with van der Waals surface area (Å²) in [5.74, 6) is 0.271. The number of carbonyl (C=O) groups excluding carboxylic acids is 2. The lowest BCUT2D eigenvalue weighted by Gasteiger charge is -2.33. The summed E-state index contributed by atoms with van der Waals surface area (Å²) in [7, 11) is 1.86. The van der Waals surface area contributed by atoms with Crippen LogP contribution < -0.4 is 5.32 Å². The molecule has 0 spiro atoms. The maximum atomic E-state index is 12.4. The highest BCUT2D eigenvalue weighted by atomic mass is 16.2. The first-order valence-corrected chi connectivity index (χ1v) is 7.57. The Morgan fingerprint density at radius 2 is 1.70 bits per heavy atom. The molecule has 0 aromatic heterocycles. The average Bonchev–Trinajstić information content (AvgIpc) is 3.01. The number of hydrogen-bond acceptors (Lipinski definition) is 4. The second kappa shape index (κ2) is 7.04. The van der Waals surface area contributed by atoms with Crippen LogP contribution in [0.25, 0.3) is 0 Å². The molecule has 114 valence electrons. The molecule has 0 aliphatic carbocycles. The highest BCUT2D eigenvalue weighted by molar-refractivity contribution is 5.83. The van der Waals surface area contributed by atoms with Crippen LogP contribution in [0.1, 0.15) is 19.8 Å². The minimum absolute atomic E-state index is 0.128. The minimum Gasteiger partial charge on any atom is -0.342 e.